The summed E-state index contributed by atoms with van der Waals surface area (Å²) in [5, 5.41) is 9.85. The number of ether oxygens (including phenoxy) is 5. The molecule has 1 aromatic heterocycles. The highest BCUT2D eigenvalue weighted by Crippen LogP contribution is 2.29. The molecule has 0 aliphatic carbocycles. The number of nitrogens with zero attached hydrogens (tertiary/aromatic N) is 3. The fourth-order valence-corrected chi connectivity index (χ4v) is 5.23. The summed E-state index contributed by atoms with van der Waals surface area (Å²) in [6.45, 7) is 5.09. The van der Waals surface area contributed by atoms with Crippen LogP contribution >= 0.6 is 0 Å². The smallest absolute Gasteiger partial charge is 0.463 e. The van der Waals surface area contributed by atoms with Crippen LogP contribution in [0.15, 0.2) is 6.20 Å². The topological polar surface area (TPSA) is 157 Å². The minimum atomic E-state index is -5.31. The highest BCUT2D eigenvalue weighted by Gasteiger charge is 2.53. The molecule has 1 aliphatic rings. The average molecular weight is 679 g/mol. The number of esters is 3. The van der Waals surface area contributed by atoms with Gasteiger partial charge in [0.15, 0.2) is 18.5 Å². The molecule has 1 aliphatic heterocycles. The van der Waals surface area contributed by atoms with E-state index in [2.05, 4.69) is 17.2 Å². The highest BCUT2D eigenvalue weighted by molar-refractivity contribution is 5.82. The van der Waals surface area contributed by atoms with E-state index in [0.717, 1.165) is 40.0 Å². The first kappa shape index (κ1) is 39.9. The van der Waals surface area contributed by atoms with Gasteiger partial charge in [0.05, 0.1) is 12.8 Å². The van der Waals surface area contributed by atoms with E-state index in [9.17, 15) is 32.3 Å². The first-order chi connectivity index (χ1) is 22.3. The van der Waals surface area contributed by atoms with Gasteiger partial charge in [-0.05, 0) is 6.42 Å². The molecule has 0 bridgehead atoms. The molecule has 2 heterocycles. The van der Waals surface area contributed by atoms with E-state index < -0.39 is 67.2 Å². The zero-order valence-corrected chi connectivity index (χ0v) is 27.7. The van der Waals surface area contributed by atoms with Gasteiger partial charge in [0, 0.05) is 27.3 Å². The third-order valence-corrected chi connectivity index (χ3v) is 7.48. The number of aryl methyl sites for hydroxylation is 1. The maximum absolute atomic E-state index is 13.3. The number of nitrogens with one attached hydrogen (secondary N) is 1. The van der Waals surface area contributed by atoms with Crippen LogP contribution in [0.25, 0.3) is 0 Å². The van der Waals surface area contributed by atoms with Gasteiger partial charge >= 0.3 is 30.0 Å². The van der Waals surface area contributed by atoms with Crippen LogP contribution in [0.2, 0.25) is 0 Å². The summed E-state index contributed by atoms with van der Waals surface area (Å²) < 4.78 is 68.4. The molecule has 13 nitrogen and oxygen atoms in total. The summed E-state index contributed by atoms with van der Waals surface area (Å²) in [6.07, 6.45) is 4.57. The molecule has 0 unspecified atom stereocenters. The van der Waals surface area contributed by atoms with Gasteiger partial charge in [-0.1, -0.05) is 82.8 Å². The monoisotopic (exact) mass is 678 g/mol. The Bertz CT molecular complexity index is 1120. The number of halogens is 3. The molecular formula is C31H49F3N4O9. The van der Waals surface area contributed by atoms with Crippen LogP contribution in [0.1, 0.15) is 110 Å². The number of rotatable bonds is 21. The largest absolute Gasteiger partial charge is 0.471 e. The van der Waals surface area contributed by atoms with Gasteiger partial charge in [0.25, 0.3) is 0 Å². The summed E-state index contributed by atoms with van der Waals surface area (Å²) >= 11 is 0. The third-order valence-electron chi connectivity index (χ3n) is 7.48. The molecule has 0 spiro atoms. The maximum atomic E-state index is 13.3. The highest BCUT2D eigenvalue weighted by atomic mass is 19.4. The standard InChI is InChI=1S/C31H49F3N4O9/c1-5-6-7-8-9-10-11-12-13-14-15-16-17-38-18-24(36-37-38)19-44-29-26(35-30(42)31(32,33)34)28(46-23(4)41)27(45-22(3)40)25(47-29)20-43-21(2)39/h18,25-29H,5-17,19-20H2,1-4H3,(H,35,42)/t25-,26-,27-,28-,29-/m1/s1. The summed E-state index contributed by atoms with van der Waals surface area (Å²) in [6, 6.07) is -1.79. The second-order valence-corrected chi connectivity index (χ2v) is 11.7. The molecule has 1 aromatic rings. The lowest BCUT2D eigenvalue weighted by atomic mass is 9.96. The van der Waals surface area contributed by atoms with Crippen LogP contribution in [-0.2, 0) is 56.0 Å². The number of unbranched alkanes of at least 4 members (excludes halogenated alkanes) is 11. The van der Waals surface area contributed by atoms with Crippen LogP contribution in [0, 0.1) is 0 Å². The Kier molecular flexibility index (Phi) is 17.7. The van der Waals surface area contributed by atoms with Crippen molar-refractivity contribution in [3.05, 3.63) is 11.9 Å². The van der Waals surface area contributed by atoms with Crippen molar-refractivity contribution in [2.45, 2.75) is 155 Å². The average Bonchev–Trinajstić information content (AvgIpc) is 3.44. The van der Waals surface area contributed by atoms with Gasteiger partial charge < -0.3 is 29.0 Å². The Morgan fingerprint density at radius 3 is 1.94 bits per heavy atom. The van der Waals surface area contributed by atoms with Crippen LogP contribution in [0.5, 0.6) is 0 Å². The number of amides is 1. The molecule has 2 rings (SSSR count). The van der Waals surface area contributed by atoms with Crippen LogP contribution in [0.3, 0.4) is 0 Å². The van der Waals surface area contributed by atoms with Gasteiger partial charge in [-0.25, -0.2) is 0 Å². The first-order valence-corrected chi connectivity index (χ1v) is 16.3. The van der Waals surface area contributed by atoms with E-state index in [1.807, 2.05) is 0 Å². The van der Waals surface area contributed by atoms with Gasteiger partial charge in [0.2, 0.25) is 0 Å². The van der Waals surface area contributed by atoms with E-state index in [0.29, 0.717) is 12.2 Å². The summed E-state index contributed by atoms with van der Waals surface area (Å²) in [7, 11) is 0. The fourth-order valence-electron chi connectivity index (χ4n) is 5.23. The minimum absolute atomic E-state index is 0.313. The molecule has 47 heavy (non-hydrogen) atoms. The molecule has 1 saturated heterocycles. The van der Waals surface area contributed by atoms with Crippen molar-refractivity contribution in [2.24, 2.45) is 0 Å². The Balaban J connectivity index is 2.01. The normalized spacial score (nSPS) is 21.2. The fraction of sp³-hybridized carbons (Fsp3) is 0.806. The second-order valence-electron chi connectivity index (χ2n) is 11.7. The Labute approximate surface area is 273 Å². The van der Waals surface area contributed by atoms with Crippen molar-refractivity contribution in [2.75, 3.05) is 6.61 Å². The van der Waals surface area contributed by atoms with Crippen LogP contribution in [-0.4, -0.2) is 82.2 Å². The van der Waals surface area contributed by atoms with Crippen molar-refractivity contribution in [3.8, 4) is 0 Å². The summed E-state index contributed by atoms with van der Waals surface area (Å²) in [4.78, 5) is 47.3. The molecule has 16 heteroatoms. The SMILES string of the molecule is CCCCCCCCCCCCCCn1cc(CO[C@@H]2O[C@H](COC(C)=O)[C@@H](OC(C)=O)[C@H](OC(C)=O)[C@H]2NC(=O)C(F)(F)F)nn1. The van der Waals surface area contributed by atoms with Gasteiger partial charge in [0.1, 0.15) is 24.4 Å². The number of hydrogen-bond donors (Lipinski definition) is 1. The van der Waals surface area contributed by atoms with Crippen molar-refractivity contribution >= 4 is 23.8 Å². The van der Waals surface area contributed by atoms with Gasteiger partial charge in [-0.3, -0.25) is 23.9 Å². The predicted octanol–water partition coefficient (Wildman–Crippen LogP) is 4.69. The molecule has 0 radical (unpaired) electrons. The Hall–Kier alpha value is -3.27. The van der Waals surface area contributed by atoms with Crippen LogP contribution < -0.4 is 5.32 Å². The van der Waals surface area contributed by atoms with Gasteiger partial charge in [-0.2, -0.15) is 13.2 Å². The number of aromatic nitrogens is 3. The second kappa shape index (κ2) is 20.9. The third kappa shape index (κ3) is 15.5. The first-order valence-electron chi connectivity index (χ1n) is 16.3. The Morgan fingerprint density at radius 1 is 0.851 bits per heavy atom. The molecule has 1 fully saturated rings. The zero-order chi connectivity index (χ0) is 34.8. The molecule has 268 valence electrons. The number of hydrogen-bond acceptors (Lipinski definition) is 11. The van der Waals surface area contributed by atoms with Crippen molar-refractivity contribution in [3.63, 3.8) is 0 Å². The van der Waals surface area contributed by atoms with Crippen molar-refractivity contribution < 1.29 is 56.0 Å². The summed E-state index contributed by atoms with van der Waals surface area (Å²) in [5.74, 6) is -4.95. The lowest BCUT2D eigenvalue weighted by molar-refractivity contribution is -0.282. The zero-order valence-electron chi connectivity index (χ0n) is 27.7. The summed E-state index contributed by atoms with van der Waals surface area (Å²) in [5.41, 5.74) is 0.316. The van der Waals surface area contributed by atoms with E-state index >= 15 is 0 Å². The Morgan fingerprint density at radius 2 is 1.40 bits per heavy atom. The minimum Gasteiger partial charge on any atom is -0.463 e. The van der Waals surface area contributed by atoms with Crippen LogP contribution in [0.4, 0.5) is 13.2 Å². The molecule has 1 amide bonds. The molecule has 0 saturated carbocycles. The molecule has 0 aromatic carbocycles. The quantitative estimate of drug-likeness (QED) is 0.109. The lowest BCUT2D eigenvalue weighted by Gasteiger charge is -2.44. The predicted molar refractivity (Wildman–Crippen MR) is 160 cm³/mol. The number of carbonyl (C=O) groups excluding carboxylic acids is 4. The van der Waals surface area contributed by atoms with Gasteiger partial charge in [-0.15, -0.1) is 5.10 Å². The van der Waals surface area contributed by atoms with Crippen molar-refractivity contribution in [1.29, 1.82) is 0 Å². The van der Waals surface area contributed by atoms with E-state index in [4.69, 9.17) is 23.7 Å². The van der Waals surface area contributed by atoms with E-state index in [1.165, 1.54) is 57.8 Å². The molecular weight excluding hydrogens is 629 g/mol. The maximum Gasteiger partial charge on any atom is 0.471 e. The molecule has 5 atom stereocenters. The number of alkyl halides is 3. The number of carbonyl (C=O) groups is 4. The lowest BCUT2D eigenvalue weighted by Crippen LogP contribution is -2.67. The van der Waals surface area contributed by atoms with E-state index in [-0.39, 0.29) is 6.61 Å². The van der Waals surface area contributed by atoms with E-state index in [1.54, 1.807) is 16.2 Å². The molecule has 1 N–H and O–H groups in total. The van der Waals surface area contributed by atoms with Crippen molar-refractivity contribution in [1.82, 2.24) is 20.3 Å².